The fraction of sp³-hybridized carbons (Fsp3) is 0.429. The second-order valence-electron chi connectivity index (χ2n) is 6.62. The quantitative estimate of drug-likeness (QED) is 0.468. The molecule has 0 N–H and O–H groups in total. The summed E-state index contributed by atoms with van der Waals surface area (Å²) in [5, 5.41) is 1.05. The molecule has 26 heavy (non-hydrogen) atoms. The topological polar surface area (TPSA) is 48.4 Å². The fourth-order valence-electron chi connectivity index (χ4n) is 3.11. The molecule has 2 atom stereocenters. The summed E-state index contributed by atoms with van der Waals surface area (Å²) in [5.41, 5.74) is 4.73. The maximum atomic E-state index is 10.5. The van der Waals surface area contributed by atoms with Gasteiger partial charge in [0.25, 0.3) is 6.47 Å². The minimum atomic E-state index is 0.0333. The van der Waals surface area contributed by atoms with E-state index in [2.05, 4.69) is 37.9 Å². The van der Waals surface area contributed by atoms with E-state index in [0.29, 0.717) is 19.0 Å². The predicted molar refractivity (Wildman–Crippen MR) is 104 cm³/mol. The Hall–Kier alpha value is -2.01. The predicted octanol–water partition coefficient (Wildman–Crippen LogP) is 4.81. The van der Waals surface area contributed by atoms with Crippen molar-refractivity contribution in [3.05, 3.63) is 52.7 Å². The average Bonchev–Trinajstić information content (AvgIpc) is 3.41. The van der Waals surface area contributed by atoms with Gasteiger partial charge >= 0.3 is 0 Å². The van der Waals surface area contributed by atoms with E-state index in [1.54, 1.807) is 11.8 Å². The number of nitrogens with zero attached hydrogens (tertiary/aromatic N) is 1. The van der Waals surface area contributed by atoms with Gasteiger partial charge in [-0.25, -0.2) is 4.98 Å². The Labute approximate surface area is 159 Å². The van der Waals surface area contributed by atoms with Crippen molar-refractivity contribution >= 4 is 18.2 Å². The highest BCUT2D eigenvalue weighted by Crippen LogP contribution is 2.45. The molecule has 1 aromatic carbocycles. The van der Waals surface area contributed by atoms with Crippen LogP contribution >= 0.6 is 11.8 Å². The summed E-state index contributed by atoms with van der Waals surface area (Å²) >= 11 is 1.78. The number of benzene rings is 1. The highest BCUT2D eigenvalue weighted by atomic mass is 32.2. The second-order valence-corrected chi connectivity index (χ2v) is 7.70. The Balaban J connectivity index is 1.70. The first kappa shape index (κ1) is 18.8. The molecule has 4 nitrogen and oxygen atoms in total. The summed E-state index contributed by atoms with van der Waals surface area (Å²) in [7, 11) is 0. The van der Waals surface area contributed by atoms with E-state index in [9.17, 15) is 4.79 Å². The molecule has 138 valence electrons. The number of carbonyl (C=O) groups is 1. The SMILES string of the molecule is CCCSc1ncccc1COc1ccc(C2CC2OC=O)c(C)c1C. The zero-order valence-electron chi connectivity index (χ0n) is 15.5. The highest BCUT2D eigenvalue weighted by Gasteiger charge is 2.41. The van der Waals surface area contributed by atoms with Gasteiger partial charge < -0.3 is 9.47 Å². The van der Waals surface area contributed by atoms with Crippen LogP contribution in [0, 0.1) is 13.8 Å². The number of thioether (sulfide) groups is 1. The molecule has 0 saturated heterocycles. The lowest BCUT2D eigenvalue weighted by atomic mass is 9.99. The summed E-state index contributed by atoms with van der Waals surface area (Å²) in [6.45, 7) is 7.43. The molecule has 0 spiro atoms. The summed E-state index contributed by atoms with van der Waals surface area (Å²) in [6.07, 6.45) is 3.90. The van der Waals surface area contributed by atoms with Gasteiger partial charge in [-0.2, -0.15) is 0 Å². The van der Waals surface area contributed by atoms with Crippen LogP contribution in [0.25, 0.3) is 0 Å². The third kappa shape index (κ3) is 4.21. The van der Waals surface area contributed by atoms with Gasteiger partial charge in [0.15, 0.2) is 0 Å². The molecule has 0 radical (unpaired) electrons. The van der Waals surface area contributed by atoms with Crippen LogP contribution in [0.15, 0.2) is 35.5 Å². The van der Waals surface area contributed by atoms with E-state index < -0.39 is 0 Å². The van der Waals surface area contributed by atoms with Crippen LogP contribution in [0.3, 0.4) is 0 Å². The van der Waals surface area contributed by atoms with E-state index in [0.717, 1.165) is 40.5 Å². The highest BCUT2D eigenvalue weighted by molar-refractivity contribution is 7.99. The molecule has 1 aliphatic carbocycles. The van der Waals surface area contributed by atoms with Gasteiger partial charge in [0, 0.05) is 17.7 Å². The number of rotatable bonds is 9. The average molecular weight is 372 g/mol. The van der Waals surface area contributed by atoms with Crippen molar-refractivity contribution in [3.63, 3.8) is 0 Å². The van der Waals surface area contributed by atoms with E-state index in [1.807, 2.05) is 18.3 Å². The van der Waals surface area contributed by atoms with Gasteiger partial charge in [-0.3, -0.25) is 4.79 Å². The van der Waals surface area contributed by atoms with Gasteiger partial charge in [-0.1, -0.05) is 19.1 Å². The van der Waals surface area contributed by atoms with Crippen molar-refractivity contribution in [2.75, 3.05) is 5.75 Å². The molecule has 5 heteroatoms. The van der Waals surface area contributed by atoms with Crippen LogP contribution in [0.4, 0.5) is 0 Å². The first-order valence-electron chi connectivity index (χ1n) is 9.04. The second kappa shape index (κ2) is 8.58. The lowest BCUT2D eigenvalue weighted by Gasteiger charge is -2.15. The summed E-state index contributed by atoms with van der Waals surface area (Å²) in [5.74, 6) is 2.28. The Bertz CT molecular complexity index is 778. The minimum Gasteiger partial charge on any atom is -0.489 e. The normalized spacial score (nSPS) is 18.4. The molecule has 3 rings (SSSR count). The smallest absolute Gasteiger partial charge is 0.293 e. The summed E-state index contributed by atoms with van der Waals surface area (Å²) in [6, 6.07) is 8.17. The maximum Gasteiger partial charge on any atom is 0.293 e. The Morgan fingerprint density at radius 3 is 2.88 bits per heavy atom. The third-order valence-electron chi connectivity index (χ3n) is 4.82. The van der Waals surface area contributed by atoms with Gasteiger partial charge in [0.05, 0.1) is 0 Å². The van der Waals surface area contributed by atoms with Crippen molar-refractivity contribution in [2.24, 2.45) is 0 Å². The van der Waals surface area contributed by atoms with E-state index in [1.165, 1.54) is 11.1 Å². The standard InChI is InChI=1S/C21H25NO3S/c1-4-10-26-21-16(6-5-9-22-21)12-24-19-8-7-17(14(2)15(19)3)18-11-20(18)25-13-23/h5-9,13,18,20H,4,10-12H2,1-3H3. The number of hydrogen-bond acceptors (Lipinski definition) is 5. The first-order valence-corrected chi connectivity index (χ1v) is 10.0. The lowest BCUT2D eigenvalue weighted by molar-refractivity contribution is -0.129. The molecule has 0 aliphatic heterocycles. The van der Waals surface area contributed by atoms with Crippen molar-refractivity contribution in [1.82, 2.24) is 4.98 Å². The Kier molecular flexibility index (Phi) is 6.20. The van der Waals surface area contributed by atoms with Gasteiger partial charge in [0.1, 0.15) is 23.5 Å². The lowest BCUT2D eigenvalue weighted by Crippen LogP contribution is -2.03. The molecule has 2 unspecified atom stereocenters. The number of aromatic nitrogens is 1. The largest absolute Gasteiger partial charge is 0.489 e. The summed E-state index contributed by atoms with van der Waals surface area (Å²) in [4.78, 5) is 15.0. The van der Waals surface area contributed by atoms with Crippen molar-refractivity contribution in [2.45, 2.75) is 57.3 Å². The Morgan fingerprint density at radius 2 is 2.12 bits per heavy atom. The van der Waals surface area contributed by atoms with Crippen LogP contribution in [-0.4, -0.2) is 23.3 Å². The number of pyridine rings is 1. The number of carbonyl (C=O) groups excluding carboxylic acids is 1. The number of ether oxygens (including phenoxy) is 2. The van der Waals surface area contributed by atoms with Crippen molar-refractivity contribution < 1.29 is 14.3 Å². The van der Waals surface area contributed by atoms with Crippen LogP contribution in [0.5, 0.6) is 5.75 Å². The van der Waals surface area contributed by atoms with Crippen LogP contribution in [0.1, 0.15) is 47.9 Å². The van der Waals surface area contributed by atoms with Gasteiger partial charge in [-0.15, -0.1) is 11.8 Å². The first-order chi connectivity index (χ1) is 12.7. The maximum absolute atomic E-state index is 10.5. The van der Waals surface area contributed by atoms with E-state index in [4.69, 9.17) is 9.47 Å². The molecular weight excluding hydrogens is 346 g/mol. The van der Waals surface area contributed by atoms with E-state index >= 15 is 0 Å². The van der Waals surface area contributed by atoms with E-state index in [-0.39, 0.29) is 6.10 Å². The fourth-order valence-corrected chi connectivity index (χ4v) is 3.96. The molecule has 1 saturated carbocycles. The van der Waals surface area contributed by atoms with Crippen molar-refractivity contribution in [3.8, 4) is 5.75 Å². The van der Waals surface area contributed by atoms with Crippen LogP contribution in [-0.2, 0) is 16.1 Å². The minimum absolute atomic E-state index is 0.0333. The molecular formula is C21H25NO3S. The third-order valence-corrected chi connectivity index (χ3v) is 6.07. The molecule has 1 heterocycles. The molecule has 0 amide bonds. The van der Waals surface area contributed by atoms with Gasteiger partial charge in [0.2, 0.25) is 0 Å². The molecule has 2 aromatic rings. The molecule has 1 aromatic heterocycles. The van der Waals surface area contributed by atoms with Crippen molar-refractivity contribution in [1.29, 1.82) is 0 Å². The monoisotopic (exact) mass is 371 g/mol. The zero-order chi connectivity index (χ0) is 18.5. The van der Waals surface area contributed by atoms with Crippen LogP contribution < -0.4 is 4.74 Å². The number of hydrogen-bond donors (Lipinski definition) is 0. The van der Waals surface area contributed by atoms with Gasteiger partial charge in [-0.05, 0) is 61.3 Å². The zero-order valence-corrected chi connectivity index (χ0v) is 16.3. The Morgan fingerprint density at radius 1 is 1.27 bits per heavy atom. The van der Waals surface area contributed by atoms with Crippen LogP contribution in [0.2, 0.25) is 0 Å². The molecule has 1 fully saturated rings. The molecule has 1 aliphatic rings. The molecule has 0 bridgehead atoms. The summed E-state index contributed by atoms with van der Waals surface area (Å²) < 4.78 is 11.2.